The van der Waals surface area contributed by atoms with E-state index in [0.717, 1.165) is 18.5 Å². The van der Waals surface area contributed by atoms with Crippen molar-refractivity contribution in [3.8, 4) is 0 Å². The lowest BCUT2D eigenvalue weighted by atomic mass is 10.2. The molecule has 0 spiro atoms. The second-order valence-electron chi connectivity index (χ2n) is 3.41. The van der Waals surface area contributed by atoms with E-state index in [0.29, 0.717) is 0 Å². The number of benzene rings is 1. The SMILES string of the molecule is CNCCC=Cc1ccc(S(N)(=O)=O)cc1. The average molecular weight is 240 g/mol. The molecule has 3 N–H and O–H groups in total. The monoisotopic (exact) mass is 240 g/mol. The molecule has 1 aromatic carbocycles. The summed E-state index contributed by atoms with van der Waals surface area (Å²) in [4.78, 5) is 0.139. The van der Waals surface area contributed by atoms with Gasteiger partial charge in [0.15, 0.2) is 0 Å². The highest BCUT2D eigenvalue weighted by Crippen LogP contribution is 2.09. The number of primary sulfonamides is 1. The van der Waals surface area contributed by atoms with Gasteiger partial charge in [0.05, 0.1) is 4.90 Å². The molecule has 1 aromatic rings. The van der Waals surface area contributed by atoms with E-state index in [1.165, 1.54) is 12.1 Å². The fraction of sp³-hybridized carbons (Fsp3) is 0.273. The van der Waals surface area contributed by atoms with Gasteiger partial charge in [0.25, 0.3) is 0 Å². The van der Waals surface area contributed by atoms with Crippen molar-refractivity contribution in [1.29, 1.82) is 0 Å². The minimum absolute atomic E-state index is 0.139. The molecule has 0 amide bonds. The molecule has 0 heterocycles. The van der Waals surface area contributed by atoms with Gasteiger partial charge < -0.3 is 5.32 Å². The Balaban J connectivity index is 2.69. The summed E-state index contributed by atoms with van der Waals surface area (Å²) in [6.07, 6.45) is 4.92. The van der Waals surface area contributed by atoms with Crippen molar-refractivity contribution < 1.29 is 8.42 Å². The predicted molar refractivity (Wildman–Crippen MR) is 65.4 cm³/mol. The second-order valence-corrected chi connectivity index (χ2v) is 4.97. The van der Waals surface area contributed by atoms with Gasteiger partial charge in [-0.05, 0) is 37.7 Å². The smallest absolute Gasteiger partial charge is 0.238 e. The standard InChI is InChI=1S/C11H16N2O2S/c1-13-9-3-2-4-10-5-7-11(8-6-10)16(12,14)15/h2,4-8,13H,3,9H2,1H3,(H2,12,14,15). The zero-order valence-electron chi connectivity index (χ0n) is 9.18. The third-order valence-electron chi connectivity index (χ3n) is 2.08. The van der Waals surface area contributed by atoms with Crippen molar-refractivity contribution in [2.24, 2.45) is 5.14 Å². The Hall–Kier alpha value is -1.17. The molecule has 0 saturated carbocycles. The van der Waals surface area contributed by atoms with Gasteiger partial charge >= 0.3 is 0 Å². The fourth-order valence-electron chi connectivity index (χ4n) is 1.22. The number of sulfonamides is 1. The van der Waals surface area contributed by atoms with Crippen molar-refractivity contribution in [3.05, 3.63) is 35.9 Å². The minimum Gasteiger partial charge on any atom is -0.319 e. The lowest BCUT2D eigenvalue weighted by molar-refractivity contribution is 0.598. The fourth-order valence-corrected chi connectivity index (χ4v) is 1.73. The van der Waals surface area contributed by atoms with Gasteiger partial charge in [-0.15, -0.1) is 0 Å². The quantitative estimate of drug-likeness (QED) is 0.753. The van der Waals surface area contributed by atoms with Crippen LogP contribution in [-0.4, -0.2) is 22.0 Å². The first-order valence-corrected chi connectivity index (χ1v) is 6.52. The number of rotatable bonds is 5. The third-order valence-corrected chi connectivity index (χ3v) is 3.01. The minimum atomic E-state index is -3.58. The van der Waals surface area contributed by atoms with Crippen molar-refractivity contribution >= 4 is 16.1 Å². The van der Waals surface area contributed by atoms with Gasteiger partial charge in [0.2, 0.25) is 10.0 Å². The first-order valence-electron chi connectivity index (χ1n) is 4.98. The maximum absolute atomic E-state index is 11.0. The third kappa shape index (κ3) is 4.14. The first kappa shape index (κ1) is 12.9. The molecular formula is C11H16N2O2S. The van der Waals surface area contributed by atoms with Gasteiger partial charge in [-0.2, -0.15) is 0 Å². The predicted octanol–water partition coefficient (Wildman–Crippen LogP) is 0.957. The van der Waals surface area contributed by atoms with Crippen LogP contribution in [0.3, 0.4) is 0 Å². The average Bonchev–Trinajstić information content (AvgIpc) is 2.24. The lowest BCUT2D eigenvalue weighted by Gasteiger charge is -1.98. The van der Waals surface area contributed by atoms with Crippen LogP contribution in [0.4, 0.5) is 0 Å². The van der Waals surface area contributed by atoms with Crippen LogP contribution in [0.5, 0.6) is 0 Å². The van der Waals surface area contributed by atoms with Crippen LogP contribution in [0.15, 0.2) is 35.2 Å². The van der Waals surface area contributed by atoms with Crippen molar-refractivity contribution in [1.82, 2.24) is 5.32 Å². The Labute approximate surface area is 96.2 Å². The van der Waals surface area contributed by atoms with E-state index in [1.54, 1.807) is 12.1 Å². The molecule has 0 aliphatic heterocycles. The van der Waals surface area contributed by atoms with Crippen LogP contribution in [0.1, 0.15) is 12.0 Å². The summed E-state index contributed by atoms with van der Waals surface area (Å²) in [7, 11) is -1.69. The van der Waals surface area contributed by atoms with Gasteiger partial charge in [0.1, 0.15) is 0 Å². The summed E-state index contributed by atoms with van der Waals surface area (Å²) in [5, 5.41) is 8.03. The van der Waals surface area contributed by atoms with E-state index in [4.69, 9.17) is 5.14 Å². The van der Waals surface area contributed by atoms with Crippen LogP contribution in [-0.2, 0) is 10.0 Å². The number of nitrogens with two attached hydrogens (primary N) is 1. The Bertz CT molecular complexity index is 449. The second kappa shape index (κ2) is 5.79. The van der Waals surface area contributed by atoms with Crippen LogP contribution >= 0.6 is 0 Å². The van der Waals surface area contributed by atoms with Crippen LogP contribution in [0, 0.1) is 0 Å². The maximum atomic E-state index is 11.0. The van der Waals surface area contributed by atoms with E-state index in [2.05, 4.69) is 5.32 Å². The summed E-state index contributed by atoms with van der Waals surface area (Å²) < 4.78 is 22.0. The highest BCUT2D eigenvalue weighted by atomic mass is 32.2. The van der Waals surface area contributed by atoms with E-state index >= 15 is 0 Å². The Kier molecular flexibility index (Phi) is 4.67. The van der Waals surface area contributed by atoms with Crippen LogP contribution in [0.25, 0.3) is 6.08 Å². The van der Waals surface area contributed by atoms with Crippen LogP contribution < -0.4 is 10.5 Å². The number of nitrogens with one attached hydrogen (secondary N) is 1. The number of hydrogen-bond acceptors (Lipinski definition) is 3. The van der Waals surface area contributed by atoms with Crippen molar-refractivity contribution in [2.45, 2.75) is 11.3 Å². The van der Waals surface area contributed by atoms with E-state index in [9.17, 15) is 8.42 Å². The zero-order chi connectivity index (χ0) is 12.0. The molecule has 0 fully saturated rings. The molecule has 0 aliphatic carbocycles. The Morgan fingerprint density at radius 3 is 2.44 bits per heavy atom. The number of hydrogen-bond donors (Lipinski definition) is 2. The van der Waals surface area contributed by atoms with Crippen molar-refractivity contribution in [2.75, 3.05) is 13.6 Å². The van der Waals surface area contributed by atoms with E-state index < -0.39 is 10.0 Å². The molecular weight excluding hydrogens is 224 g/mol. The topological polar surface area (TPSA) is 72.2 Å². The molecule has 1 rings (SSSR count). The normalized spacial score (nSPS) is 12.1. The molecule has 0 aromatic heterocycles. The highest BCUT2D eigenvalue weighted by molar-refractivity contribution is 7.89. The summed E-state index contributed by atoms with van der Waals surface area (Å²) in [6.45, 7) is 0.922. The van der Waals surface area contributed by atoms with Crippen molar-refractivity contribution in [3.63, 3.8) is 0 Å². The molecule has 0 aliphatic rings. The molecule has 0 radical (unpaired) electrons. The first-order chi connectivity index (χ1) is 7.54. The molecule has 0 unspecified atom stereocenters. The van der Waals surface area contributed by atoms with Gasteiger partial charge in [-0.25, -0.2) is 13.6 Å². The highest BCUT2D eigenvalue weighted by Gasteiger charge is 2.05. The Morgan fingerprint density at radius 2 is 1.94 bits per heavy atom. The largest absolute Gasteiger partial charge is 0.319 e. The van der Waals surface area contributed by atoms with Gasteiger partial charge in [-0.1, -0.05) is 24.3 Å². The maximum Gasteiger partial charge on any atom is 0.238 e. The zero-order valence-corrected chi connectivity index (χ0v) is 10.00. The molecule has 0 atom stereocenters. The summed E-state index contributed by atoms with van der Waals surface area (Å²) >= 11 is 0. The summed E-state index contributed by atoms with van der Waals surface area (Å²) in [5.41, 5.74) is 0.962. The molecule has 5 heteroatoms. The van der Waals surface area contributed by atoms with Gasteiger partial charge in [-0.3, -0.25) is 0 Å². The molecule has 0 saturated heterocycles. The van der Waals surface area contributed by atoms with Crippen LogP contribution in [0.2, 0.25) is 0 Å². The Morgan fingerprint density at radius 1 is 1.31 bits per heavy atom. The molecule has 16 heavy (non-hydrogen) atoms. The lowest BCUT2D eigenvalue weighted by Crippen LogP contribution is -2.11. The summed E-state index contributed by atoms with van der Waals surface area (Å²) in [6, 6.07) is 6.48. The van der Waals surface area contributed by atoms with E-state index in [1.807, 2.05) is 19.2 Å². The molecule has 0 bridgehead atoms. The van der Waals surface area contributed by atoms with Gasteiger partial charge in [0, 0.05) is 0 Å². The molecule has 88 valence electrons. The molecule has 4 nitrogen and oxygen atoms in total. The van der Waals surface area contributed by atoms with E-state index in [-0.39, 0.29) is 4.90 Å². The summed E-state index contributed by atoms with van der Waals surface area (Å²) in [5.74, 6) is 0.